The maximum absolute atomic E-state index is 12.0. The van der Waals surface area contributed by atoms with E-state index in [1.54, 1.807) is 24.3 Å². The molecule has 6 heteroatoms. The fourth-order valence-electron chi connectivity index (χ4n) is 2.71. The van der Waals surface area contributed by atoms with Crippen LogP contribution in [-0.2, 0) is 9.53 Å². The highest BCUT2D eigenvalue weighted by Gasteiger charge is 2.46. The van der Waals surface area contributed by atoms with Gasteiger partial charge in [0, 0.05) is 6.20 Å². The number of thioether (sulfide) groups is 1. The molecule has 1 heterocycles. The zero-order valence-corrected chi connectivity index (χ0v) is 12.6. The van der Waals surface area contributed by atoms with Gasteiger partial charge in [-0.2, -0.15) is 0 Å². The normalized spacial score (nSPS) is 25.6. The second-order valence-electron chi connectivity index (χ2n) is 5.03. The molecule has 1 aliphatic carbocycles. The SMILES string of the molecule is CCOC(=O)C1(N)CCCC1CCSc1ccncn1. The molecule has 2 unspecified atom stereocenters. The van der Waals surface area contributed by atoms with E-state index < -0.39 is 5.54 Å². The number of hydrogen-bond acceptors (Lipinski definition) is 6. The van der Waals surface area contributed by atoms with Crippen molar-refractivity contribution in [2.24, 2.45) is 11.7 Å². The molecule has 0 radical (unpaired) electrons. The molecule has 1 aromatic heterocycles. The molecule has 2 rings (SSSR count). The molecule has 0 aliphatic heterocycles. The van der Waals surface area contributed by atoms with Crippen molar-refractivity contribution >= 4 is 17.7 Å². The predicted octanol–water partition coefficient (Wildman–Crippen LogP) is 2.02. The monoisotopic (exact) mass is 295 g/mol. The number of rotatable bonds is 6. The predicted molar refractivity (Wildman–Crippen MR) is 78.3 cm³/mol. The number of aromatic nitrogens is 2. The maximum Gasteiger partial charge on any atom is 0.326 e. The summed E-state index contributed by atoms with van der Waals surface area (Å²) in [5.41, 5.74) is 5.51. The molecule has 0 saturated heterocycles. The Morgan fingerprint density at radius 2 is 2.50 bits per heavy atom. The summed E-state index contributed by atoms with van der Waals surface area (Å²) in [6.45, 7) is 2.20. The van der Waals surface area contributed by atoms with E-state index in [2.05, 4.69) is 9.97 Å². The van der Waals surface area contributed by atoms with Crippen molar-refractivity contribution in [3.05, 3.63) is 18.6 Å². The van der Waals surface area contributed by atoms with Crippen LogP contribution in [-0.4, -0.2) is 33.8 Å². The van der Waals surface area contributed by atoms with Crippen molar-refractivity contribution in [2.75, 3.05) is 12.4 Å². The molecule has 1 aliphatic rings. The van der Waals surface area contributed by atoms with Gasteiger partial charge in [0.15, 0.2) is 0 Å². The van der Waals surface area contributed by atoms with Gasteiger partial charge >= 0.3 is 5.97 Å². The molecule has 2 N–H and O–H groups in total. The van der Waals surface area contributed by atoms with Crippen LogP contribution in [0, 0.1) is 5.92 Å². The van der Waals surface area contributed by atoms with E-state index >= 15 is 0 Å². The molecule has 0 amide bonds. The van der Waals surface area contributed by atoms with Crippen LogP contribution in [0.4, 0.5) is 0 Å². The number of ether oxygens (including phenoxy) is 1. The van der Waals surface area contributed by atoms with Gasteiger partial charge in [-0.15, -0.1) is 11.8 Å². The average Bonchev–Trinajstić information content (AvgIpc) is 2.83. The summed E-state index contributed by atoms with van der Waals surface area (Å²) in [6, 6.07) is 1.89. The highest BCUT2D eigenvalue weighted by molar-refractivity contribution is 7.99. The van der Waals surface area contributed by atoms with Crippen LogP contribution in [0.3, 0.4) is 0 Å². The van der Waals surface area contributed by atoms with Crippen molar-refractivity contribution in [3.63, 3.8) is 0 Å². The second kappa shape index (κ2) is 7.04. The summed E-state index contributed by atoms with van der Waals surface area (Å²) in [5.74, 6) is 0.866. The highest BCUT2D eigenvalue weighted by Crippen LogP contribution is 2.38. The summed E-state index contributed by atoms with van der Waals surface area (Å²) in [7, 11) is 0. The zero-order chi connectivity index (χ0) is 14.4. The Labute approximate surface area is 123 Å². The molecule has 1 fully saturated rings. The van der Waals surface area contributed by atoms with Crippen LogP contribution in [0.2, 0.25) is 0 Å². The van der Waals surface area contributed by atoms with Gasteiger partial charge in [-0.3, -0.25) is 4.79 Å². The Hall–Kier alpha value is -1.14. The van der Waals surface area contributed by atoms with Crippen LogP contribution >= 0.6 is 11.8 Å². The lowest BCUT2D eigenvalue weighted by molar-refractivity contribution is -0.151. The minimum absolute atomic E-state index is 0.205. The Kier molecular flexibility index (Phi) is 5.37. The van der Waals surface area contributed by atoms with Gasteiger partial charge in [0.2, 0.25) is 0 Å². The van der Waals surface area contributed by atoms with Crippen molar-refractivity contribution in [2.45, 2.75) is 43.2 Å². The van der Waals surface area contributed by atoms with E-state index in [0.29, 0.717) is 6.61 Å². The van der Waals surface area contributed by atoms with Crippen LogP contribution in [0.15, 0.2) is 23.6 Å². The van der Waals surface area contributed by atoms with Gasteiger partial charge in [0.1, 0.15) is 11.9 Å². The van der Waals surface area contributed by atoms with Crippen LogP contribution in [0.25, 0.3) is 0 Å². The lowest BCUT2D eigenvalue weighted by Gasteiger charge is -2.28. The largest absolute Gasteiger partial charge is 0.465 e. The number of carbonyl (C=O) groups excluding carboxylic acids is 1. The lowest BCUT2D eigenvalue weighted by Crippen LogP contribution is -2.52. The van der Waals surface area contributed by atoms with Crippen molar-refractivity contribution < 1.29 is 9.53 Å². The standard InChI is InChI=1S/C14H21N3O2S/c1-2-19-13(18)14(15)7-3-4-11(14)6-9-20-12-5-8-16-10-17-12/h5,8,10-11H,2-4,6-7,9,15H2,1H3. The van der Waals surface area contributed by atoms with E-state index in [4.69, 9.17) is 10.5 Å². The summed E-state index contributed by atoms with van der Waals surface area (Å²) in [6.07, 6.45) is 6.91. The first-order chi connectivity index (χ1) is 9.66. The minimum atomic E-state index is -0.789. The van der Waals surface area contributed by atoms with E-state index in [1.807, 2.05) is 13.0 Å². The number of hydrogen-bond donors (Lipinski definition) is 1. The third kappa shape index (κ3) is 3.49. The Balaban J connectivity index is 1.86. The maximum atomic E-state index is 12.0. The zero-order valence-electron chi connectivity index (χ0n) is 11.7. The van der Waals surface area contributed by atoms with Crippen LogP contribution in [0.5, 0.6) is 0 Å². The molecular weight excluding hydrogens is 274 g/mol. The van der Waals surface area contributed by atoms with Crippen molar-refractivity contribution in [1.29, 1.82) is 0 Å². The molecule has 5 nitrogen and oxygen atoms in total. The minimum Gasteiger partial charge on any atom is -0.465 e. The first-order valence-corrected chi connectivity index (χ1v) is 8.00. The Morgan fingerprint density at radius 3 is 3.20 bits per heavy atom. The Bertz CT molecular complexity index is 443. The molecule has 0 spiro atoms. The van der Waals surface area contributed by atoms with Crippen LogP contribution in [0.1, 0.15) is 32.6 Å². The van der Waals surface area contributed by atoms with E-state index in [9.17, 15) is 4.79 Å². The first kappa shape index (κ1) is 15.3. The fourth-order valence-corrected chi connectivity index (χ4v) is 3.60. The Morgan fingerprint density at radius 1 is 1.65 bits per heavy atom. The summed E-state index contributed by atoms with van der Waals surface area (Å²) < 4.78 is 5.13. The van der Waals surface area contributed by atoms with Gasteiger partial charge in [0.25, 0.3) is 0 Å². The number of esters is 1. The third-order valence-corrected chi connectivity index (χ3v) is 4.78. The fraction of sp³-hybridized carbons (Fsp3) is 0.643. The summed E-state index contributed by atoms with van der Waals surface area (Å²) in [5, 5.41) is 0.955. The molecule has 0 bridgehead atoms. The smallest absolute Gasteiger partial charge is 0.326 e. The van der Waals surface area contributed by atoms with Crippen molar-refractivity contribution in [3.8, 4) is 0 Å². The summed E-state index contributed by atoms with van der Waals surface area (Å²) >= 11 is 1.67. The van der Waals surface area contributed by atoms with E-state index in [0.717, 1.165) is 36.5 Å². The molecule has 110 valence electrons. The summed E-state index contributed by atoms with van der Waals surface area (Å²) in [4.78, 5) is 20.1. The van der Waals surface area contributed by atoms with E-state index in [-0.39, 0.29) is 11.9 Å². The van der Waals surface area contributed by atoms with Gasteiger partial charge in [-0.05, 0) is 43.9 Å². The third-order valence-electron chi connectivity index (χ3n) is 3.80. The van der Waals surface area contributed by atoms with Crippen LogP contribution < -0.4 is 5.73 Å². The van der Waals surface area contributed by atoms with Crippen molar-refractivity contribution in [1.82, 2.24) is 9.97 Å². The molecule has 20 heavy (non-hydrogen) atoms. The lowest BCUT2D eigenvalue weighted by atomic mass is 9.86. The molecule has 2 atom stereocenters. The van der Waals surface area contributed by atoms with Gasteiger partial charge < -0.3 is 10.5 Å². The second-order valence-corrected chi connectivity index (χ2v) is 6.15. The van der Waals surface area contributed by atoms with Gasteiger partial charge in [0.05, 0.1) is 11.6 Å². The molecule has 1 aromatic rings. The van der Waals surface area contributed by atoms with Gasteiger partial charge in [-0.25, -0.2) is 9.97 Å². The molecule has 1 saturated carbocycles. The quantitative estimate of drug-likeness (QED) is 0.491. The highest BCUT2D eigenvalue weighted by atomic mass is 32.2. The topological polar surface area (TPSA) is 78.1 Å². The first-order valence-electron chi connectivity index (χ1n) is 7.01. The molecule has 0 aromatic carbocycles. The average molecular weight is 295 g/mol. The number of nitrogens with zero attached hydrogens (tertiary/aromatic N) is 2. The van der Waals surface area contributed by atoms with E-state index in [1.165, 1.54) is 0 Å². The number of nitrogens with two attached hydrogens (primary N) is 1. The van der Waals surface area contributed by atoms with Gasteiger partial charge in [-0.1, -0.05) is 6.42 Å². The molecular formula is C14H21N3O2S. The number of carbonyl (C=O) groups is 1.